The summed E-state index contributed by atoms with van der Waals surface area (Å²) in [6.45, 7) is 6.30. The molecule has 0 unspecified atom stereocenters. The number of rotatable bonds is 7. The van der Waals surface area contributed by atoms with Crippen molar-refractivity contribution in [1.82, 2.24) is 18.9 Å². The van der Waals surface area contributed by atoms with E-state index in [1.807, 2.05) is 69.3 Å². The fourth-order valence-corrected chi connectivity index (χ4v) is 3.84. The van der Waals surface area contributed by atoms with Crippen molar-refractivity contribution in [3.8, 4) is 0 Å². The number of carbonyl (C=O) groups is 1. The molecule has 1 amide bonds. The number of benzene rings is 2. The molecule has 0 saturated heterocycles. The van der Waals surface area contributed by atoms with E-state index in [9.17, 15) is 14.4 Å². The Hall–Kier alpha value is -3.94. The number of nitrogens with one attached hydrogen (secondary N) is 1. The lowest BCUT2D eigenvalue weighted by Gasteiger charge is -2.13. The van der Waals surface area contributed by atoms with Gasteiger partial charge in [-0.1, -0.05) is 55.0 Å². The minimum absolute atomic E-state index is 0.104. The Labute approximate surface area is 191 Å². The van der Waals surface area contributed by atoms with E-state index in [2.05, 4.69) is 10.4 Å². The molecule has 33 heavy (non-hydrogen) atoms. The highest BCUT2D eigenvalue weighted by Gasteiger charge is 2.19. The van der Waals surface area contributed by atoms with Crippen LogP contribution < -0.4 is 16.6 Å². The molecule has 0 aliphatic heterocycles. The SMILES string of the molecule is CCc1ccccc1NC(=O)Cn1c(=O)n(Cc2ccc(C)cc2)c(=O)c2nn(CC)cc21. The number of hydrogen-bond donors (Lipinski definition) is 1. The van der Waals surface area contributed by atoms with Gasteiger partial charge in [0.25, 0.3) is 5.56 Å². The third-order valence-corrected chi connectivity index (χ3v) is 5.70. The molecule has 0 fully saturated rings. The number of aryl methyl sites for hydroxylation is 3. The van der Waals surface area contributed by atoms with E-state index in [-0.39, 0.29) is 24.5 Å². The summed E-state index contributed by atoms with van der Waals surface area (Å²) in [5.41, 5.74) is 3.15. The predicted octanol–water partition coefficient (Wildman–Crippen LogP) is 2.94. The molecule has 0 bridgehead atoms. The van der Waals surface area contributed by atoms with E-state index in [0.717, 1.165) is 27.7 Å². The van der Waals surface area contributed by atoms with E-state index in [4.69, 9.17) is 0 Å². The number of para-hydroxylation sites is 1. The summed E-state index contributed by atoms with van der Waals surface area (Å²) in [6.07, 6.45) is 2.41. The third kappa shape index (κ3) is 4.50. The third-order valence-electron chi connectivity index (χ3n) is 5.70. The van der Waals surface area contributed by atoms with E-state index >= 15 is 0 Å². The first-order valence-electron chi connectivity index (χ1n) is 11.0. The van der Waals surface area contributed by atoms with Gasteiger partial charge in [-0.25, -0.2) is 4.79 Å². The second-order valence-corrected chi connectivity index (χ2v) is 8.02. The lowest BCUT2D eigenvalue weighted by molar-refractivity contribution is -0.116. The Morgan fingerprint density at radius 3 is 2.42 bits per heavy atom. The quantitative estimate of drug-likeness (QED) is 0.474. The smallest absolute Gasteiger partial charge is 0.324 e. The van der Waals surface area contributed by atoms with Crippen LogP contribution in [0.2, 0.25) is 0 Å². The number of aromatic nitrogens is 4. The fourth-order valence-electron chi connectivity index (χ4n) is 3.84. The van der Waals surface area contributed by atoms with Crippen LogP contribution in [0.4, 0.5) is 5.69 Å². The van der Waals surface area contributed by atoms with Crippen LogP contribution in [-0.4, -0.2) is 24.8 Å². The molecule has 0 radical (unpaired) electrons. The standard InChI is InChI=1S/C25H27N5O3/c1-4-19-8-6-7-9-20(19)26-22(31)16-29-21-15-28(5-2)27-23(21)24(32)30(25(29)33)14-18-12-10-17(3)11-13-18/h6-13,15H,4-5,14,16H2,1-3H3,(H,26,31). The van der Waals surface area contributed by atoms with Gasteiger partial charge in [0.1, 0.15) is 6.54 Å². The fraction of sp³-hybridized carbons (Fsp3) is 0.280. The highest BCUT2D eigenvalue weighted by atomic mass is 16.2. The molecule has 1 N–H and O–H groups in total. The number of amides is 1. The van der Waals surface area contributed by atoms with Crippen molar-refractivity contribution < 1.29 is 4.79 Å². The molecule has 4 aromatic rings. The Bertz CT molecular complexity index is 1430. The first-order chi connectivity index (χ1) is 15.9. The van der Waals surface area contributed by atoms with Crippen LogP contribution in [0.15, 0.2) is 64.3 Å². The largest absolute Gasteiger partial charge is 0.332 e. The average Bonchev–Trinajstić information content (AvgIpc) is 3.26. The summed E-state index contributed by atoms with van der Waals surface area (Å²) in [5, 5.41) is 7.26. The highest BCUT2D eigenvalue weighted by molar-refractivity contribution is 5.92. The number of anilines is 1. The van der Waals surface area contributed by atoms with Gasteiger partial charge in [0.05, 0.1) is 12.1 Å². The first-order valence-corrected chi connectivity index (χ1v) is 11.0. The van der Waals surface area contributed by atoms with Crippen LogP contribution in [0.25, 0.3) is 11.0 Å². The zero-order chi connectivity index (χ0) is 23.5. The second-order valence-electron chi connectivity index (χ2n) is 8.02. The zero-order valence-corrected chi connectivity index (χ0v) is 19.0. The van der Waals surface area contributed by atoms with Crippen molar-refractivity contribution in [2.75, 3.05) is 5.32 Å². The van der Waals surface area contributed by atoms with Gasteiger partial charge in [-0.15, -0.1) is 0 Å². The maximum absolute atomic E-state index is 13.4. The normalized spacial score (nSPS) is 11.1. The molecule has 2 heterocycles. The molecule has 0 spiro atoms. The van der Waals surface area contributed by atoms with Crippen molar-refractivity contribution >= 4 is 22.6 Å². The summed E-state index contributed by atoms with van der Waals surface area (Å²) in [7, 11) is 0. The topological polar surface area (TPSA) is 90.9 Å². The van der Waals surface area contributed by atoms with Gasteiger partial charge in [0, 0.05) is 18.4 Å². The van der Waals surface area contributed by atoms with Crippen molar-refractivity contribution in [2.24, 2.45) is 0 Å². The number of hydrogen-bond acceptors (Lipinski definition) is 4. The summed E-state index contributed by atoms with van der Waals surface area (Å²) < 4.78 is 4.07. The average molecular weight is 446 g/mol. The summed E-state index contributed by atoms with van der Waals surface area (Å²) >= 11 is 0. The highest BCUT2D eigenvalue weighted by Crippen LogP contribution is 2.16. The Morgan fingerprint density at radius 1 is 1.00 bits per heavy atom. The van der Waals surface area contributed by atoms with E-state index in [1.54, 1.807) is 10.9 Å². The van der Waals surface area contributed by atoms with E-state index in [0.29, 0.717) is 17.7 Å². The zero-order valence-electron chi connectivity index (χ0n) is 19.0. The van der Waals surface area contributed by atoms with Crippen LogP contribution in [0.1, 0.15) is 30.5 Å². The van der Waals surface area contributed by atoms with Crippen LogP contribution in [0, 0.1) is 6.92 Å². The molecule has 0 aliphatic carbocycles. The molecule has 0 atom stereocenters. The number of fused-ring (bicyclic) bond motifs is 1. The Balaban J connectivity index is 1.76. The van der Waals surface area contributed by atoms with E-state index < -0.39 is 11.2 Å². The van der Waals surface area contributed by atoms with Crippen LogP contribution in [0.5, 0.6) is 0 Å². The van der Waals surface area contributed by atoms with Crippen molar-refractivity contribution in [1.29, 1.82) is 0 Å². The molecular formula is C25H27N5O3. The minimum atomic E-state index is -0.539. The Kier molecular flexibility index (Phi) is 6.26. The van der Waals surface area contributed by atoms with Gasteiger partial charge in [-0.3, -0.25) is 23.4 Å². The predicted molar refractivity (Wildman–Crippen MR) is 129 cm³/mol. The minimum Gasteiger partial charge on any atom is -0.324 e. The van der Waals surface area contributed by atoms with Gasteiger partial charge in [0.15, 0.2) is 5.52 Å². The molecule has 4 rings (SSSR count). The lowest BCUT2D eigenvalue weighted by atomic mass is 10.1. The maximum Gasteiger partial charge on any atom is 0.332 e. The molecule has 2 aromatic heterocycles. The van der Waals surface area contributed by atoms with Crippen molar-refractivity contribution in [3.63, 3.8) is 0 Å². The summed E-state index contributed by atoms with van der Waals surface area (Å²) in [4.78, 5) is 39.5. The molecule has 170 valence electrons. The van der Waals surface area contributed by atoms with E-state index in [1.165, 1.54) is 4.57 Å². The van der Waals surface area contributed by atoms with Crippen LogP contribution >= 0.6 is 0 Å². The van der Waals surface area contributed by atoms with Gasteiger partial charge in [-0.05, 0) is 37.5 Å². The Morgan fingerprint density at radius 2 is 1.73 bits per heavy atom. The first kappa shape index (κ1) is 22.3. The summed E-state index contributed by atoms with van der Waals surface area (Å²) in [6, 6.07) is 15.2. The molecule has 8 nitrogen and oxygen atoms in total. The van der Waals surface area contributed by atoms with Gasteiger partial charge < -0.3 is 5.32 Å². The van der Waals surface area contributed by atoms with Gasteiger partial charge in [0.2, 0.25) is 5.91 Å². The van der Waals surface area contributed by atoms with Crippen molar-refractivity contribution in [3.05, 3.63) is 92.3 Å². The number of nitrogens with zero attached hydrogens (tertiary/aromatic N) is 4. The molecular weight excluding hydrogens is 418 g/mol. The lowest BCUT2D eigenvalue weighted by Crippen LogP contribution is -2.41. The molecule has 0 aliphatic rings. The monoisotopic (exact) mass is 445 g/mol. The van der Waals surface area contributed by atoms with Crippen molar-refractivity contribution in [2.45, 2.75) is 46.8 Å². The molecule has 2 aromatic carbocycles. The van der Waals surface area contributed by atoms with Gasteiger partial charge >= 0.3 is 5.69 Å². The molecule has 0 saturated carbocycles. The van der Waals surface area contributed by atoms with Crippen LogP contribution in [-0.2, 0) is 30.8 Å². The van der Waals surface area contributed by atoms with Crippen LogP contribution in [0.3, 0.4) is 0 Å². The number of carbonyl (C=O) groups excluding carboxylic acids is 1. The molecule has 8 heteroatoms. The maximum atomic E-state index is 13.4. The summed E-state index contributed by atoms with van der Waals surface area (Å²) in [5.74, 6) is -0.343. The second kappa shape index (κ2) is 9.28. The van der Waals surface area contributed by atoms with Gasteiger partial charge in [-0.2, -0.15) is 5.10 Å².